The van der Waals surface area contributed by atoms with Crippen LogP contribution in [0.2, 0.25) is 10.0 Å². The zero-order valence-electron chi connectivity index (χ0n) is 21.5. The molecule has 4 bridgehead atoms. The Morgan fingerprint density at radius 2 is 1.67 bits per heavy atom. The summed E-state index contributed by atoms with van der Waals surface area (Å²) in [5, 5.41) is 29.8. The van der Waals surface area contributed by atoms with E-state index in [-0.39, 0.29) is 22.9 Å². The highest BCUT2D eigenvalue weighted by Crippen LogP contribution is 2.57. The molecular formula is C29H28Cl2N6O2. The van der Waals surface area contributed by atoms with Crippen molar-refractivity contribution in [2.24, 2.45) is 17.8 Å². The number of rotatable bonds is 7. The van der Waals surface area contributed by atoms with Crippen molar-refractivity contribution in [3.8, 4) is 6.07 Å². The molecule has 4 fully saturated rings. The van der Waals surface area contributed by atoms with Crippen molar-refractivity contribution in [3.05, 3.63) is 79.6 Å². The topological polar surface area (TPSA) is 117 Å². The Bertz CT molecular complexity index is 1450. The highest BCUT2D eigenvalue weighted by Gasteiger charge is 2.51. The van der Waals surface area contributed by atoms with E-state index in [4.69, 9.17) is 23.2 Å². The summed E-state index contributed by atoms with van der Waals surface area (Å²) in [6.45, 7) is 1.86. The summed E-state index contributed by atoms with van der Waals surface area (Å²) >= 11 is 12.7. The summed E-state index contributed by atoms with van der Waals surface area (Å²) in [5.41, 5.74) is 2.44. The van der Waals surface area contributed by atoms with Gasteiger partial charge in [0.1, 0.15) is 6.33 Å². The number of aryl methyl sites for hydroxylation is 1. The van der Waals surface area contributed by atoms with Gasteiger partial charge in [0.05, 0.1) is 16.9 Å². The normalized spacial score (nSPS) is 25.6. The molecule has 3 aromatic rings. The Morgan fingerprint density at radius 1 is 1.05 bits per heavy atom. The molecule has 2 N–H and O–H groups in total. The van der Waals surface area contributed by atoms with Crippen LogP contribution in [0.1, 0.15) is 61.1 Å². The number of nitriles is 1. The lowest BCUT2D eigenvalue weighted by molar-refractivity contribution is -0.383. The molecule has 7 rings (SSSR count). The molecule has 2 aromatic carbocycles. The average Bonchev–Trinajstić information content (AvgIpc) is 2.87. The van der Waals surface area contributed by atoms with Gasteiger partial charge in [0, 0.05) is 21.3 Å². The third-order valence-corrected chi connectivity index (χ3v) is 9.25. The number of nitrogens with one attached hydrogen (secondary N) is 2. The smallest absolute Gasteiger partial charge is 0.353 e. The second-order valence-electron chi connectivity index (χ2n) is 11.4. The Hall–Kier alpha value is -3.41. The van der Waals surface area contributed by atoms with E-state index in [1.807, 2.05) is 13.0 Å². The molecule has 0 amide bonds. The monoisotopic (exact) mass is 562 g/mol. The van der Waals surface area contributed by atoms with Crippen LogP contribution < -0.4 is 10.6 Å². The molecule has 0 saturated heterocycles. The summed E-state index contributed by atoms with van der Waals surface area (Å²) in [6.07, 6.45) is 8.29. The van der Waals surface area contributed by atoms with Gasteiger partial charge >= 0.3 is 5.69 Å². The first-order chi connectivity index (χ1) is 18.7. The average molecular weight is 563 g/mol. The van der Waals surface area contributed by atoms with Crippen molar-refractivity contribution >= 4 is 46.2 Å². The van der Waals surface area contributed by atoms with E-state index >= 15 is 0 Å². The zero-order valence-corrected chi connectivity index (χ0v) is 23.0. The van der Waals surface area contributed by atoms with Gasteiger partial charge < -0.3 is 10.6 Å². The Labute approximate surface area is 236 Å². The number of aromatic nitrogens is 2. The minimum atomic E-state index is -0.591. The molecule has 200 valence electrons. The lowest BCUT2D eigenvalue weighted by atomic mass is 9.53. The lowest BCUT2D eigenvalue weighted by Crippen LogP contribution is -2.55. The molecule has 4 aliphatic carbocycles. The highest BCUT2D eigenvalue weighted by atomic mass is 35.5. The fraction of sp³-hybridized carbons (Fsp3) is 0.414. The van der Waals surface area contributed by atoms with Crippen molar-refractivity contribution < 1.29 is 4.92 Å². The second kappa shape index (κ2) is 9.96. The second-order valence-corrected chi connectivity index (χ2v) is 12.3. The molecule has 4 saturated carbocycles. The van der Waals surface area contributed by atoms with Gasteiger partial charge in [0.25, 0.3) is 0 Å². The van der Waals surface area contributed by atoms with Crippen LogP contribution in [-0.2, 0) is 0 Å². The van der Waals surface area contributed by atoms with E-state index in [2.05, 4.69) is 26.7 Å². The predicted molar refractivity (Wildman–Crippen MR) is 152 cm³/mol. The van der Waals surface area contributed by atoms with Crippen LogP contribution in [0.3, 0.4) is 0 Å². The minimum Gasteiger partial charge on any atom is -0.359 e. The van der Waals surface area contributed by atoms with Crippen LogP contribution in [0.15, 0.2) is 42.7 Å². The predicted octanol–water partition coefficient (Wildman–Crippen LogP) is 7.78. The molecule has 0 radical (unpaired) electrons. The number of hydrogen-bond donors (Lipinski definition) is 2. The maximum absolute atomic E-state index is 12.3. The standard InChI is InChI=1S/C29H28Cl2N6O2/c1-16-6-22(23(14-32)20-2-4-21(30)5-3-20)24(31)10-25(16)35-27-26(37(38)39)28(34-15-33-27)36-29-11-17-7-18(12-29)9-19(8-17)13-29/h2-6,10,15,17-19,23H,7-9,11-13H2,1H3,(H2,33,34,35,36). The van der Waals surface area contributed by atoms with Crippen molar-refractivity contribution in [1.29, 1.82) is 5.26 Å². The Morgan fingerprint density at radius 3 is 2.26 bits per heavy atom. The highest BCUT2D eigenvalue weighted by molar-refractivity contribution is 6.32. The van der Waals surface area contributed by atoms with Crippen LogP contribution >= 0.6 is 23.2 Å². The molecule has 4 aliphatic rings. The van der Waals surface area contributed by atoms with Crippen LogP contribution in [-0.4, -0.2) is 20.4 Å². The Balaban J connectivity index is 1.30. The van der Waals surface area contributed by atoms with Crippen molar-refractivity contribution in [1.82, 2.24) is 9.97 Å². The zero-order chi connectivity index (χ0) is 27.3. The van der Waals surface area contributed by atoms with E-state index in [9.17, 15) is 15.4 Å². The summed E-state index contributed by atoms with van der Waals surface area (Å²) in [5.74, 6) is 1.84. The molecule has 1 unspecified atom stereocenters. The van der Waals surface area contributed by atoms with Gasteiger partial charge in [0.2, 0.25) is 11.6 Å². The van der Waals surface area contributed by atoms with Crippen LogP contribution in [0.4, 0.5) is 23.0 Å². The maximum atomic E-state index is 12.3. The molecule has 1 atom stereocenters. The SMILES string of the molecule is Cc1cc(C(C#N)c2ccc(Cl)cc2)c(Cl)cc1Nc1ncnc(NC23CC4CC(CC(C4)C2)C3)c1[N+](=O)[O-]. The third-order valence-electron chi connectivity index (χ3n) is 8.67. The van der Waals surface area contributed by atoms with Gasteiger partial charge in [-0.3, -0.25) is 10.1 Å². The molecule has 0 spiro atoms. The molecule has 10 heteroatoms. The van der Waals surface area contributed by atoms with Crippen LogP contribution in [0.5, 0.6) is 0 Å². The number of nitrogens with zero attached hydrogens (tertiary/aromatic N) is 4. The molecule has 8 nitrogen and oxygen atoms in total. The number of hydrogen-bond acceptors (Lipinski definition) is 7. The van der Waals surface area contributed by atoms with Gasteiger partial charge in [-0.05, 0) is 98.1 Å². The first-order valence-corrected chi connectivity index (χ1v) is 14.0. The van der Waals surface area contributed by atoms with Crippen LogP contribution in [0.25, 0.3) is 0 Å². The summed E-state index contributed by atoms with van der Waals surface area (Å²) < 4.78 is 0. The number of nitro groups is 1. The molecule has 1 aromatic heterocycles. The number of benzene rings is 2. The summed E-state index contributed by atoms with van der Waals surface area (Å²) in [7, 11) is 0. The van der Waals surface area contributed by atoms with E-state index in [1.54, 1.807) is 30.3 Å². The summed E-state index contributed by atoms with van der Waals surface area (Å²) in [6, 6.07) is 12.9. The van der Waals surface area contributed by atoms with E-state index in [1.165, 1.54) is 25.6 Å². The summed E-state index contributed by atoms with van der Waals surface area (Å²) in [4.78, 5) is 20.4. The molecule has 39 heavy (non-hydrogen) atoms. The van der Waals surface area contributed by atoms with Gasteiger partial charge in [-0.25, -0.2) is 9.97 Å². The first-order valence-electron chi connectivity index (χ1n) is 13.2. The Kier molecular flexibility index (Phi) is 6.60. The molecule has 1 heterocycles. The minimum absolute atomic E-state index is 0.101. The lowest BCUT2D eigenvalue weighted by Gasteiger charge is -2.57. The van der Waals surface area contributed by atoms with Crippen molar-refractivity contribution in [3.63, 3.8) is 0 Å². The molecular weight excluding hydrogens is 535 g/mol. The quantitative estimate of drug-likeness (QED) is 0.223. The van der Waals surface area contributed by atoms with Gasteiger partial charge in [0.15, 0.2) is 0 Å². The van der Waals surface area contributed by atoms with Crippen molar-refractivity contribution in [2.45, 2.75) is 56.9 Å². The molecule has 0 aliphatic heterocycles. The van der Waals surface area contributed by atoms with E-state index in [0.717, 1.165) is 30.4 Å². The van der Waals surface area contributed by atoms with Gasteiger partial charge in [-0.15, -0.1) is 0 Å². The number of anilines is 3. The van der Waals surface area contributed by atoms with Crippen molar-refractivity contribution in [2.75, 3.05) is 10.6 Å². The fourth-order valence-corrected chi connectivity index (χ4v) is 7.81. The van der Waals surface area contributed by atoms with E-state index < -0.39 is 10.8 Å². The van der Waals surface area contributed by atoms with Crippen LogP contribution in [0, 0.1) is 46.1 Å². The van der Waals surface area contributed by atoms with Gasteiger partial charge in [-0.1, -0.05) is 41.4 Å². The third kappa shape index (κ3) is 4.90. The van der Waals surface area contributed by atoms with E-state index in [0.29, 0.717) is 39.0 Å². The van der Waals surface area contributed by atoms with Gasteiger partial charge in [-0.2, -0.15) is 5.26 Å². The fourth-order valence-electron chi connectivity index (χ4n) is 7.42. The maximum Gasteiger partial charge on any atom is 0.353 e. The number of halogens is 2. The first kappa shape index (κ1) is 25.8. The largest absolute Gasteiger partial charge is 0.359 e.